The highest BCUT2D eigenvalue weighted by Crippen LogP contribution is 2.43. The van der Waals surface area contributed by atoms with E-state index in [0.29, 0.717) is 19.3 Å². The van der Waals surface area contributed by atoms with Gasteiger partial charge in [-0.1, -0.05) is 222 Å². The second-order valence-corrected chi connectivity index (χ2v) is 21.2. The fraction of sp³-hybridized carbons (Fsp3) is 0.758. The quantitative estimate of drug-likeness (QED) is 0.0197. The largest absolute Gasteiger partial charge is 0.472 e. The molecule has 0 radical (unpaired) electrons. The Morgan fingerprint density at radius 2 is 0.730 bits per heavy atom. The standard InChI is InChI=1S/C62H109O11P/c1-4-7-10-13-16-19-22-25-27-28-29-30-32-34-36-39-42-45-48-51-60(64)69-55-59(73-62(66)53-50-47-44-41-38-35-31-26-23-20-17-14-11-8-5-2)57-71-74(67,68)70-56-58(54-63)72-61(65)52-49-46-43-40-37-33-24-21-18-15-12-9-6-3/h9,12,18,21,25-27,31,33,37,43,46,58-59,63H,4-8,10-11,13-17,19-20,22-24,28-30,32,34-36,38-42,44-45,47-57H2,1-3H3,(H,67,68)/b12-9-,21-18-,27-25-,31-26-,37-33-,46-43-. The Balaban J connectivity index is 4.76. The van der Waals surface area contributed by atoms with Crippen LogP contribution in [0, 0.1) is 0 Å². The van der Waals surface area contributed by atoms with Gasteiger partial charge in [-0.3, -0.25) is 23.4 Å². The number of rotatable bonds is 55. The number of hydrogen-bond donors (Lipinski definition) is 2. The van der Waals surface area contributed by atoms with Crippen molar-refractivity contribution in [3.8, 4) is 0 Å². The van der Waals surface area contributed by atoms with Crippen LogP contribution < -0.4 is 0 Å². The number of carbonyl (C=O) groups excluding carboxylic acids is 3. The smallest absolute Gasteiger partial charge is 0.462 e. The predicted octanol–water partition coefficient (Wildman–Crippen LogP) is 17.7. The molecule has 0 aliphatic rings. The maximum atomic E-state index is 12.9. The van der Waals surface area contributed by atoms with Crippen molar-refractivity contribution in [2.24, 2.45) is 0 Å². The SMILES string of the molecule is CC/C=C\C/C=C\C/C=C\C/C=C\CCC(=O)OC(CO)COP(=O)(O)OCC(COC(=O)CCCCCCCCCCC/C=C\CCCCCCCC)OC(=O)CCCCCCC/C=C\CCCCCCCC. The number of unbranched alkanes of at least 4 members (excludes halogenated alkanes) is 26. The topological polar surface area (TPSA) is 155 Å². The number of hydrogen-bond acceptors (Lipinski definition) is 10. The fourth-order valence-electron chi connectivity index (χ4n) is 8.07. The molecule has 0 saturated heterocycles. The summed E-state index contributed by atoms with van der Waals surface area (Å²) in [7, 11) is -4.77. The average Bonchev–Trinajstić information content (AvgIpc) is 3.39. The zero-order valence-corrected chi connectivity index (χ0v) is 48.2. The number of aliphatic hydroxyl groups excluding tert-OH is 1. The van der Waals surface area contributed by atoms with E-state index >= 15 is 0 Å². The Morgan fingerprint density at radius 3 is 1.16 bits per heavy atom. The second kappa shape index (κ2) is 56.1. The molecule has 2 N–H and O–H groups in total. The van der Waals surface area contributed by atoms with Gasteiger partial charge >= 0.3 is 25.7 Å². The van der Waals surface area contributed by atoms with Crippen molar-refractivity contribution in [3.63, 3.8) is 0 Å². The molecular weight excluding hydrogens is 952 g/mol. The van der Waals surface area contributed by atoms with Crippen molar-refractivity contribution in [3.05, 3.63) is 72.9 Å². The zero-order valence-electron chi connectivity index (χ0n) is 47.3. The van der Waals surface area contributed by atoms with Gasteiger partial charge in [-0.15, -0.1) is 0 Å². The number of carbonyl (C=O) groups is 3. The summed E-state index contributed by atoms with van der Waals surface area (Å²) in [4.78, 5) is 48.5. The third-order valence-corrected chi connectivity index (χ3v) is 13.5. The number of aliphatic hydroxyl groups is 1. The van der Waals surface area contributed by atoms with Crippen molar-refractivity contribution in [1.29, 1.82) is 0 Å². The van der Waals surface area contributed by atoms with Gasteiger partial charge in [0.2, 0.25) is 0 Å². The molecule has 11 nitrogen and oxygen atoms in total. The van der Waals surface area contributed by atoms with Crippen molar-refractivity contribution in [2.45, 2.75) is 277 Å². The van der Waals surface area contributed by atoms with Crippen LogP contribution in [0.1, 0.15) is 265 Å². The highest BCUT2D eigenvalue weighted by molar-refractivity contribution is 7.47. The molecule has 0 heterocycles. The Labute approximate surface area is 452 Å². The normalized spacial score (nSPS) is 13.9. The Morgan fingerprint density at radius 1 is 0.392 bits per heavy atom. The first-order valence-electron chi connectivity index (χ1n) is 29.8. The van der Waals surface area contributed by atoms with Gasteiger partial charge in [-0.2, -0.15) is 0 Å². The van der Waals surface area contributed by atoms with Gasteiger partial charge in [-0.25, -0.2) is 4.57 Å². The summed E-state index contributed by atoms with van der Waals surface area (Å²) in [5.41, 5.74) is 0. The molecule has 0 bridgehead atoms. The molecule has 0 aliphatic heterocycles. The van der Waals surface area contributed by atoms with Crippen LogP contribution in [0.25, 0.3) is 0 Å². The first kappa shape index (κ1) is 70.9. The summed E-state index contributed by atoms with van der Waals surface area (Å²) in [6.07, 6.45) is 63.1. The van der Waals surface area contributed by atoms with Crippen molar-refractivity contribution in [1.82, 2.24) is 0 Å². The maximum Gasteiger partial charge on any atom is 0.472 e. The molecule has 12 heteroatoms. The highest BCUT2D eigenvalue weighted by Gasteiger charge is 2.28. The van der Waals surface area contributed by atoms with Gasteiger partial charge in [0.25, 0.3) is 0 Å². The van der Waals surface area contributed by atoms with Gasteiger partial charge in [0.15, 0.2) is 6.10 Å². The minimum atomic E-state index is -4.77. The number of esters is 3. The van der Waals surface area contributed by atoms with E-state index in [1.807, 2.05) is 12.2 Å². The van der Waals surface area contributed by atoms with Crippen LogP contribution in [0.5, 0.6) is 0 Å². The lowest BCUT2D eigenvalue weighted by atomic mass is 10.1. The molecule has 0 aromatic heterocycles. The number of allylic oxidation sites excluding steroid dienone is 12. The lowest BCUT2D eigenvalue weighted by molar-refractivity contribution is -0.161. The van der Waals surface area contributed by atoms with Crippen LogP contribution in [-0.4, -0.2) is 66.5 Å². The number of phosphoric ester groups is 1. The molecule has 428 valence electrons. The van der Waals surface area contributed by atoms with E-state index < -0.39 is 57.8 Å². The van der Waals surface area contributed by atoms with Crippen molar-refractivity contribution >= 4 is 25.7 Å². The molecule has 0 aromatic rings. The molecule has 0 fully saturated rings. The van der Waals surface area contributed by atoms with Crippen LogP contribution in [0.2, 0.25) is 0 Å². The monoisotopic (exact) mass is 1060 g/mol. The molecule has 0 rings (SSSR count). The first-order valence-corrected chi connectivity index (χ1v) is 31.3. The highest BCUT2D eigenvalue weighted by atomic mass is 31.2. The van der Waals surface area contributed by atoms with Crippen LogP contribution >= 0.6 is 7.82 Å². The molecule has 0 spiro atoms. The number of phosphoric acid groups is 1. The first-order chi connectivity index (χ1) is 36.2. The molecular formula is C62H109O11P. The third-order valence-electron chi connectivity index (χ3n) is 12.6. The summed E-state index contributed by atoms with van der Waals surface area (Å²) >= 11 is 0. The van der Waals surface area contributed by atoms with E-state index in [1.165, 1.54) is 122 Å². The molecule has 0 saturated carbocycles. The van der Waals surface area contributed by atoms with E-state index in [-0.39, 0.29) is 25.9 Å². The van der Waals surface area contributed by atoms with Crippen LogP contribution in [-0.2, 0) is 42.2 Å². The van der Waals surface area contributed by atoms with E-state index in [1.54, 1.807) is 0 Å². The minimum absolute atomic E-state index is 0.0544. The fourth-order valence-corrected chi connectivity index (χ4v) is 8.85. The zero-order chi connectivity index (χ0) is 54.1. The van der Waals surface area contributed by atoms with Crippen LogP contribution in [0.4, 0.5) is 0 Å². The molecule has 74 heavy (non-hydrogen) atoms. The van der Waals surface area contributed by atoms with Crippen LogP contribution in [0.15, 0.2) is 72.9 Å². The minimum Gasteiger partial charge on any atom is -0.462 e. The molecule has 0 aliphatic carbocycles. The summed E-state index contributed by atoms with van der Waals surface area (Å²) in [5, 5.41) is 9.79. The number of ether oxygens (including phenoxy) is 3. The van der Waals surface area contributed by atoms with E-state index in [0.717, 1.165) is 83.5 Å². The molecule has 0 amide bonds. The lowest BCUT2D eigenvalue weighted by Crippen LogP contribution is -2.30. The van der Waals surface area contributed by atoms with Gasteiger partial charge < -0.3 is 24.2 Å². The van der Waals surface area contributed by atoms with Gasteiger partial charge in [0, 0.05) is 19.3 Å². The Hall–Kier alpha value is -3.08. The van der Waals surface area contributed by atoms with Gasteiger partial charge in [0.1, 0.15) is 12.7 Å². The van der Waals surface area contributed by atoms with Crippen LogP contribution in [0.3, 0.4) is 0 Å². The summed E-state index contributed by atoms with van der Waals surface area (Å²) < 4.78 is 39.5. The second-order valence-electron chi connectivity index (χ2n) is 19.8. The van der Waals surface area contributed by atoms with E-state index in [4.69, 9.17) is 23.3 Å². The summed E-state index contributed by atoms with van der Waals surface area (Å²) in [6, 6.07) is 0. The average molecular weight is 1060 g/mol. The summed E-state index contributed by atoms with van der Waals surface area (Å²) in [6.45, 7) is 4.45. The van der Waals surface area contributed by atoms with E-state index in [9.17, 15) is 28.9 Å². The third kappa shape index (κ3) is 53.7. The lowest BCUT2D eigenvalue weighted by Gasteiger charge is -2.21. The van der Waals surface area contributed by atoms with Crippen molar-refractivity contribution in [2.75, 3.05) is 26.4 Å². The maximum absolute atomic E-state index is 12.9. The molecule has 3 atom stereocenters. The predicted molar refractivity (Wildman–Crippen MR) is 307 cm³/mol. The van der Waals surface area contributed by atoms with E-state index in [2.05, 4.69) is 81.5 Å². The Kier molecular flexibility index (Phi) is 53.8. The van der Waals surface area contributed by atoms with Crippen molar-refractivity contribution < 1.29 is 52.2 Å². The summed E-state index contributed by atoms with van der Waals surface area (Å²) in [5.74, 6) is -1.56. The molecule has 0 aromatic carbocycles. The van der Waals surface area contributed by atoms with Gasteiger partial charge in [0.05, 0.1) is 19.8 Å². The van der Waals surface area contributed by atoms with Gasteiger partial charge in [-0.05, 0) is 96.3 Å². The molecule has 3 unspecified atom stereocenters. The Bertz CT molecular complexity index is 1520.